The summed E-state index contributed by atoms with van der Waals surface area (Å²) in [5.41, 5.74) is 11.9. The highest BCUT2D eigenvalue weighted by atomic mass is 32.1. The maximum Gasteiger partial charge on any atom is 0.273 e. The van der Waals surface area contributed by atoms with Crippen LogP contribution < -0.4 is 21.7 Å². The number of halogens is 1. The Labute approximate surface area is 191 Å². The highest BCUT2D eigenvalue weighted by Crippen LogP contribution is 2.36. The molecule has 1 fully saturated rings. The maximum absolute atomic E-state index is 13.4. The van der Waals surface area contributed by atoms with Crippen molar-refractivity contribution in [3.8, 4) is 0 Å². The molecular formula is C21H21FN6O4S. The van der Waals surface area contributed by atoms with Crippen LogP contribution in [0.1, 0.15) is 52.1 Å². The number of hydrogen-bond acceptors (Lipinski definition) is 9. The Bertz CT molecular complexity index is 1200. The zero-order chi connectivity index (χ0) is 23.7. The van der Waals surface area contributed by atoms with E-state index in [9.17, 15) is 18.8 Å². The zero-order valence-electron chi connectivity index (χ0n) is 17.6. The number of benzene rings is 1. The lowest BCUT2D eigenvalue weighted by Gasteiger charge is -2.26. The molecule has 12 heteroatoms. The summed E-state index contributed by atoms with van der Waals surface area (Å²) < 4.78 is 18.5. The van der Waals surface area contributed by atoms with E-state index < -0.39 is 29.5 Å². The van der Waals surface area contributed by atoms with Crippen LogP contribution in [0.25, 0.3) is 0 Å². The number of thiazole rings is 1. The van der Waals surface area contributed by atoms with Crippen LogP contribution in [0.4, 0.5) is 21.0 Å². The average Bonchev–Trinajstić information content (AvgIpc) is 3.39. The third-order valence-electron chi connectivity index (χ3n) is 5.37. The Balaban J connectivity index is 1.61. The van der Waals surface area contributed by atoms with Gasteiger partial charge in [0.05, 0.1) is 0 Å². The van der Waals surface area contributed by atoms with Crippen LogP contribution in [0.5, 0.6) is 0 Å². The van der Waals surface area contributed by atoms with Gasteiger partial charge in [0, 0.05) is 17.8 Å². The maximum atomic E-state index is 13.4. The molecule has 1 aliphatic carbocycles. The van der Waals surface area contributed by atoms with Crippen molar-refractivity contribution in [3.63, 3.8) is 0 Å². The Hall–Kier alpha value is -3.80. The molecular weight excluding hydrogens is 451 g/mol. The highest BCUT2D eigenvalue weighted by molar-refractivity contribution is 7.18. The number of hydrogen-bond donors (Lipinski definition) is 3. The van der Waals surface area contributed by atoms with Crippen molar-refractivity contribution in [1.29, 1.82) is 0 Å². The van der Waals surface area contributed by atoms with Crippen molar-refractivity contribution in [3.05, 3.63) is 52.5 Å². The molecule has 1 saturated carbocycles. The summed E-state index contributed by atoms with van der Waals surface area (Å²) in [6.07, 6.45) is 2.87. The van der Waals surface area contributed by atoms with Gasteiger partial charge < -0.3 is 26.2 Å². The molecule has 1 aromatic carbocycles. The monoisotopic (exact) mass is 472 g/mol. The fourth-order valence-electron chi connectivity index (χ4n) is 3.23. The van der Waals surface area contributed by atoms with E-state index in [0.29, 0.717) is 5.69 Å². The molecule has 0 aliphatic heterocycles. The fourth-order valence-corrected chi connectivity index (χ4v) is 4.26. The second-order valence-corrected chi connectivity index (χ2v) is 8.62. The number of ketones is 1. The van der Waals surface area contributed by atoms with Gasteiger partial charge in [-0.1, -0.05) is 16.5 Å². The first-order valence-electron chi connectivity index (χ1n) is 10.2. The van der Waals surface area contributed by atoms with Gasteiger partial charge in [-0.15, -0.1) is 0 Å². The topological polar surface area (TPSA) is 157 Å². The lowest BCUT2D eigenvalue weighted by atomic mass is 9.93. The summed E-state index contributed by atoms with van der Waals surface area (Å²) in [7, 11) is 0. The van der Waals surface area contributed by atoms with Gasteiger partial charge >= 0.3 is 0 Å². The summed E-state index contributed by atoms with van der Waals surface area (Å²) in [5.74, 6) is -2.41. The van der Waals surface area contributed by atoms with Gasteiger partial charge in [-0.2, -0.15) is 0 Å². The lowest BCUT2D eigenvalue weighted by Crippen LogP contribution is -2.39. The van der Waals surface area contributed by atoms with Gasteiger partial charge in [0.25, 0.3) is 5.91 Å². The number of nitrogens with one attached hydrogen (secondary N) is 1. The molecule has 4 rings (SSSR count). The number of nitrogen functional groups attached to an aromatic ring is 1. The van der Waals surface area contributed by atoms with Crippen molar-refractivity contribution in [2.75, 3.05) is 10.6 Å². The second kappa shape index (κ2) is 8.98. The molecule has 2 heterocycles. The van der Waals surface area contributed by atoms with E-state index in [1.54, 1.807) is 6.92 Å². The van der Waals surface area contributed by atoms with Crippen LogP contribution in [-0.2, 0) is 4.79 Å². The summed E-state index contributed by atoms with van der Waals surface area (Å²) in [5, 5.41) is 6.70. The number of carbonyl (C=O) groups excluding carboxylic acids is 3. The third kappa shape index (κ3) is 4.55. The van der Waals surface area contributed by atoms with Gasteiger partial charge in [0.1, 0.15) is 22.6 Å². The van der Waals surface area contributed by atoms with E-state index in [0.717, 1.165) is 30.6 Å². The molecule has 0 saturated heterocycles. The molecule has 5 N–H and O–H groups in total. The standard InChI is InChI=1S/C21H21FN6O4S/c1-10(19(24)30)28(13-7-5-11(22)6-8-13)21-26-18(23)17(33-21)16(29)15-9-14(27-32-15)20(31)25-12-3-2-4-12/h5-10,12H,2-4,23H2,1H3,(H2,24,30)(H,25,31). The van der Waals surface area contributed by atoms with Crippen molar-refractivity contribution >= 4 is 45.6 Å². The zero-order valence-corrected chi connectivity index (χ0v) is 18.4. The number of amides is 2. The average molecular weight is 473 g/mol. The van der Waals surface area contributed by atoms with E-state index >= 15 is 0 Å². The molecule has 2 aromatic heterocycles. The van der Waals surface area contributed by atoms with Crippen molar-refractivity contribution in [2.24, 2.45) is 5.73 Å². The summed E-state index contributed by atoms with van der Waals surface area (Å²) in [6.45, 7) is 1.55. The van der Waals surface area contributed by atoms with Crippen molar-refractivity contribution < 1.29 is 23.3 Å². The van der Waals surface area contributed by atoms with Crippen LogP contribution in [0.15, 0.2) is 34.9 Å². The van der Waals surface area contributed by atoms with Crippen LogP contribution in [-0.4, -0.2) is 39.8 Å². The molecule has 1 unspecified atom stereocenters. The number of nitrogens with two attached hydrogens (primary N) is 2. The van der Waals surface area contributed by atoms with Crippen molar-refractivity contribution in [1.82, 2.24) is 15.5 Å². The summed E-state index contributed by atoms with van der Waals surface area (Å²) >= 11 is 0.907. The second-order valence-electron chi connectivity index (χ2n) is 7.64. The molecule has 1 aliphatic rings. The normalized spacial score (nSPS) is 14.4. The van der Waals surface area contributed by atoms with E-state index in [-0.39, 0.29) is 33.3 Å². The number of aromatic nitrogens is 2. The predicted octanol–water partition coefficient (Wildman–Crippen LogP) is 2.38. The first kappa shape index (κ1) is 22.4. The van der Waals surface area contributed by atoms with Crippen LogP contribution in [0, 0.1) is 5.82 Å². The van der Waals surface area contributed by atoms with E-state index in [2.05, 4.69) is 15.5 Å². The lowest BCUT2D eigenvalue weighted by molar-refractivity contribution is -0.118. The molecule has 0 bridgehead atoms. The van der Waals surface area contributed by atoms with E-state index in [1.807, 2.05) is 0 Å². The Kier molecular flexibility index (Phi) is 6.09. The van der Waals surface area contributed by atoms with Crippen LogP contribution in [0.2, 0.25) is 0 Å². The first-order chi connectivity index (χ1) is 15.7. The minimum absolute atomic E-state index is 0.0103. The van der Waals surface area contributed by atoms with Gasteiger partial charge in [-0.3, -0.25) is 14.4 Å². The van der Waals surface area contributed by atoms with E-state index in [1.165, 1.54) is 35.2 Å². The largest absolute Gasteiger partial charge is 0.382 e. The van der Waals surface area contributed by atoms with Crippen LogP contribution in [0.3, 0.4) is 0 Å². The highest BCUT2D eigenvalue weighted by Gasteiger charge is 2.29. The van der Waals surface area contributed by atoms with Crippen LogP contribution >= 0.6 is 11.3 Å². The Morgan fingerprint density at radius 1 is 1.27 bits per heavy atom. The number of rotatable bonds is 8. The number of anilines is 3. The summed E-state index contributed by atoms with van der Waals surface area (Å²) in [4.78, 5) is 42.8. The number of carbonyl (C=O) groups is 3. The van der Waals surface area contributed by atoms with Gasteiger partial charge in [0.15, 0.2) is 10.8 Å². The summed E-state index contributed by atoms with van der Waals surface area (Å²) in [6, 6.07) is 5.86. The molecule has 0 radical (unpaired) electrons. The fraction of sp³-hybridized carbons (Fsp3) is 0.286. The molecule has 2 amide bonds. The smallest absolute Gasteiger partial charge is 0.273 e. The minimum Gasteiger partial charge on any atom is -0.382 e. The Morgan fingerprint density at radius 2 is 1.97 bits per heavy atom. The molecule has 33 heavy (non-hydrogen) atoms. The molecule has 10 nitrogen and oxygen atoms in total. The predicted molar refractivity (Wildman–Crippen MR) is 119 cm³/mol. The Morgan fingerprint density at radius 3 is 2.58 bits per heavy atom. The van der Waals surface area contributed by atoms with Gasteiger partial charge in [0.2, 0.25) is 17.5 Å². The number of primary amides is 1. The minimum atomic E-state index is -0.865. The third-order valence-corrected chi connectivity index (χ3v) is 6.43. The number of nitrogens with zero attached hydrogens (tertiary/aromatic N) is 3. The van der Waals surface area contributed by atoms with Crippen molar-refractivity contribution in [2.45, 2.75) is 38.3 Å². The van der Waals surface area contributed by atoms with E-state index in [4.69, 9.17) is 16.0 Å². The van der Waals surface area contributed by atoms with Gasteiger partial charge in [-0.05, 0) is 50.5 Å². The van der Waals surface area contributed by atoms with Gasteiger partial charge in [-0.25, -0.2) is 9.37 Å². The molecule has 172 valence electrons. The molecule has 1 atom stereocenters. The quantitative estimate of drug-likeness (QED) is 0.422. The molecule has 3 aromatic rings. The molecule has 0 spiro atoms. The SMILES string of the molecule is CC(C(N)=O)N(c1ccc(F)cc1)c1nc(N)c(C(=O)c2cc(C(=O)NC3CCC3)no2)s1. The first-order valence-corrected chi connectivity index (χ1v) is 11.0.